The minimum absolute atomic E-state index is 0.00732. The van der Waals surface area contributed by atoms with Crippen molar-refractivity contribution in [2.75, 3.05) is 0 Å². The number of fused-ring (bicyclic) bond motifs is 5. The van der Waals surface area contributed by atoms with E-state index in [0.29, 0.717) is 23.5 Å². The Bertz CT molecular complexity index is 644. The third kappa shape index (κ3) is 1.78. The predicted octanol–water partition coefficient (Wildman–Crippen LogP) is 3.47. The molecule has 2 heteroatoms. The molecule has 2 fully saturated rings. The lowest BCUT2D eigenvalue weighted by Crippen LogP contribution is -2.44. The number of aliphatic hydroxyl groups is 1. The number of hydrogen-bond acceptors (Lipinski definition) is 2. The van der Waals surface area contributed by atoms with Gasteiger partial charge >= 0.3 is 0 Å². The molecule has 0 aliphatic heterocycles. The van der Waals surface area contributed by atoms with Crippen molar-refractivity contribution in [3.63, 3.8) is 0 Å². The molecule has 1 aromatic rings. The Hall–Kier alpha value is -1.46. The fourth-order valence-corrected chi connectivity index (χ4v) is 5.75. The second-order valence-corrected chi connectivity index (χ2v) is 7.80. The van der Waals surface area contributed by atoms with Gasteiger partial charge in [-0.2, -0.15) is 0 Å². The van der Waals surface area contributed by atoms with Gasteiger partial charge in [0.25, 0.3) is 0 Å². The van der Waals surface area contributed by atoms with Crippen LogP contribution in [0.3, 0.4) is 0 Å². The summed E-state index contributed by atoms with van der Waals surface area (Å²) in [4.78, 5) is 0. The molecule has 3 aliphatic carbocycles. The molecular formula is C20H24O2. The lowest BCUT2D eigenvalue weighted by molar-refractivity contribution is -0.0278. The average molecular weight is 296 g/mol. The monoisotopic (exact) mass is 296 g/mol. The van der Waals surface area contributed by atoms with Crippen LogP contribution in [0.1, 0.15) is 49.7 Å². The first-order valence-electron chi connectivity index (χ1n) is 8.50. The Balaban J connectivity index is 1.71. The van der Waals surface area contributed by atoms with Gasteiger partial charge in [-0.25, -0.2) is 0 Å². The molecule has 0 spiro atoms. The van der Waals surface area contributed by atoms with Gasteiger partial charge in [0.2, 0.25) is 0 Å². The standard InChI is InChI=1S/C20H24O2/c1-3-12-11-18-17-6-4-13-10-14(21)5-7-15(13)16(17)8-9-20(18,2)19(12)22/h1,5,7,10,12,16-19,21-22H,4,6,8-9,11H2,2H3/t12-,16?,17?,18?,19?,20+/m1/s1. The molecule has 0 amide bonds. The molecule has 0 saturated heterocycles. The topological polar surface area (TPSA) is 40.5 Å². The van der Waals surface area contributed by atoms with Gasteiger partial charge in [0.1, 0.15) is 5.75 Å². The van der Waals surface area contributed by atoms with E-state index in [4.69, 9.17) is 6.42 Å². The molecule has 6 atom stereocenters. The van der Waals surface area contributed by atoms with Crippen LogP contribution in [0.4, 0.5) is 0 Å². The maximum Gasteiger partial charge on any atom is 0.115 e. The Morgan fingerprint density at radius 3 is 2.91 bits per heavy atom. The smallest absolute Gasteiger partial charge is 0.115 e. The van der Waals surface area contributed by atoms with E-state index in [1.807, 2.05) is 12.1 Å². The number of phenolic OH excluding ortho intramolecular Hbond substituents is 1. The highest BCUT2D eigenvalue weighted by molar-refractivity contribution is 5.40. The number of aromatic hydroxyl groups is 1. The van der Waals surface area contributed by atoms with E-state index < -0.39 is 0 Å². The Morgan fingerprint density at radius 1 is 1.32 bits per heavy atom. The molecule has 0 aromatic heterocycles. The zero-order valence-electron chi connectivity index (χ0n) is 13.1. The zero-order valence-corrected chi connectivity index (χ0v) is 13.1. The molecule has 2 nitrogen and oxygen atoms in total. The molecule has 1 aromatic carbocycles. The Labute approximate surface area is 132 Å². The number of phenols is 1. The van der Waals surface area contributed by atoms with Gasteiger partial charge in [-0.05, 0) is 78.5 Å². The van der Waals surface area contributed by atoms with Crippen LogP contribution in [0.25, 0.3) is 0 Å². The van der Waals surface area contributed by atoms with E-state index in [2.05, 4.69) is 18.9 Å². The van der Waals surface area contributed by atoms with E-state index in [1.54, 1.807) is 0 Å². The number of rotatable bonds is 0. The summed E-state index contributed by atoms with van der Waals surface area (Å²) in [7, 11) is 0. The van der Waals surface area contributed by atoms with Gasteiger partial charge in [-0.15, -0.1) is 12.3 Å². The van der Waals surface area contributed by atoms with Crippen LogP contribution in [0.2, 0.25) is 0 Å². The summed E-state index contributed by atoms with van der Waals surface area (Å²) in [6.45, 7) is 2.25. The summed E-state index contributed by atoms with van der Waals surface area (Å²) in [5.74, 6) is 4.97. The van der Waals surface area contributed by atoms with E-state index in [9.17, 15) is 10.2 Å². The van der Waals surface area contributed by atoms with Crippen molar-refractivity contribution in [2.45, 2.75) is 51.0 Å². The SMILES string of the molecule is C#C[C@@H]1CC2C3CCc4cc(O)ccc4C3CC[C@]2(C)C1O. The maximum absolute atomic E-state index is 10.7. The van der Waals surface area contributed by atoms with Crippen molar-refractivity contribution in [3.8, 4) is 18.1 Å². The highest BCUT2D eigenvalue weighted by atomic mass is 16.3. The molecule has 3 aliphatic rings. The summed E-state index contributed by atoms with van der Waals surface area (Å²) < 4.78 is 0. The summed E-state index contributed by atoms with van der Waals surface area (Å²) in [6.07, 6.45) is 10.7. The van der Waals surface area contributed by atoms with Crippen LogP contribution in [0.15, 0.2) is 18.2 Å². The number of terminal acetylenes is 1. The second-order valence-electron chi connectivity index (χ2n) is 7.80. The van der Waals surface area contributed by atoms with Crippen molar-refractivity contribution >= 4 is 0 Å². The van der Waals surface area contributed by atoms with Crippen LogP contribution in [0, 0.1) is 35.5 Å². The zero-order chi connectivity index (χ0) is 15.5. The fraction of sp³-hybridized carbons (Fsp3) is 0.600. The van der Waals surface area contributed by atoms with E-state index in [-0.39, 0.29) is 17.4 Å². The molecule has 0 bridgehead atoms. The average Bonchev–Trinajstić information content (AvgIpc) is 2.78. The van der Waals surface area contributed by atoms with Crippen molar-refractivity contribution in [2.24, 2.45) is 23.2 Å². The van der Waals surface area contributed by atoms with Gasteiger partial charge in [-0.1, -0.05) is 13.0 Å². The lowest BCUT2D eigenvalue weighted by atomic mass is 9.55. The first kappa shape index (κ1) is 14.2. The van der Waals surface area contributed by atoms with Crippen molar-refractivity contribution in [1.82, 2.24) is 0 Å². The van der Waals surface area contributed by atoms with Gasteiger partial charge in [-0.3, -0.25) is 0 Å². The molecule has 22 heavy (non-hydrogen) atoms. The quantitative estimate of drug-likeness (QED) is 0.720. The molecule has 116 valence electrons. The molecular weight excluding hydrogens is 272 g/mol. The first-order valence-corrected chi connectivity index (χ1v) is 8.50. The highest BCUT2D eigenvalue weighted by Gasteiger charge is 2.57. The van der Waals surface area contributed by atoms with Crippen molar-refractivity contribution in [3.05, 3.63) is 29.3 Å². The van der Waals surface area contributed by atoms with Crippen molar-refractivity contribution < 1.29 is 10.2 Å². The maximum atomic E-state index is 10.7. The van der Waals surface area contributed by atoms with Crippen LogP contribution < -0.4 is 0 Å². The fourth-order valence-electron chi connectivity index (χ4n) is 5.75. The molecule has 2 N–H and O–H groups in total. The summed E-state index contributed by atoms with van der Waals surface area (Å²) in [5, 5.41) is 20.4. The number of aliphatic hydroxyl groups excluding tert-OH is 1. The van der Waals surface area contributed by atoms with Gasteiger partial charge < -0.3 is 10.2 Å². The van der Waals surface area contributed by atoms with E-state index in [0.717, 1.165) is 32.1 Å². The summed E-state index contributed by atoms with van der Waals surface area (Å²) >= 11 is 0. The Morgan fingerprint density at radius 2 is 2.14 bits per heavy atom. The molecule has 4 rings (SSSR count). The van der Waals surface area contributed by atoms with Crippen LogP contribution in [0.5, 0.6) is 5.75 Å². The van der Waals surface area contributed by atoms with E-state index >= 15 is 0 Å². The van der Waals surface area contributed by atoms with E-state index in [1.165, 1.54) is 11.1 Å². The first-order chi connectivity index (χ1) is 10.5. The van der Waals surface area contributed by atoms with Crippen LogP contribution in [-0.4, -0.2) is 16.3 Å². The molecule has 0 heterocycles. The third-order valence-electron chi connectivity index (χ3n) is 6.93. The minimum atomic E-state index is -0.343. The van der Waals surface area contributed by atoms with Gasteiger partial charge in [0.15, 0.2) is 0 Å². The van der Waals surface area contributed by atoms with Crippen LogP contribution >= 0.6 is 0 Å². The van der Waals surface area contributed by atoms with Crippen molar-refractivity contribution in [1.29, 1.82) is 0 Å². The minimum Gasteiger partial charge on any atom is -0.508 e. The normalized spacial score (nSPS) is 42.9. The molecule has 0 radical (unpaired) electrons. The largest absolute Gasteiger partial charge is 0.508 e. The highest BCUT2D eigenvalue weighted by Crippen LogP contribution is 2.62. The predicted molar refractivity (Wildman–Crippen MR) is 86.4 cm³/mol. The third-order valence-corrected chi connectivity index (χ3v) is 6.93. The molecule has 2 saturated carbocycles. The number of hydrogen-bond donors (Lipinski definition) is 2. The number of benzene rings is 1. The van der Waals surface area contributed by atoms with Crippen LogP contribution in [-0.2, 0) is 6.42 Å². The Kier molecular flexibility index (Phi) is 3.07. The summed E-state index contributed by atoms with van der Waals surface area (Å²) in [5.41, 5.74) is 2.73. The second kappa shape index (κ2) is 4.77. The van der Waals surface area contributed by atoms with Gasteiger partial charge in [0.05, 0.1) is 6.10 Å². The lowest BCUT2D eigenvalue weighted by Gasteiger charge is -2.50. The summed E-state index contributed by atoms with van der Waals surface area (Å²) in [6, 6.07) is 5.88. The number of aryl methyl sites for hydroxylation is 1. The van der Waals surface area contributed by atoms with Gasteiger partial charge in [0, 0.05) is 5.92 Å². The molecule has 4 unspecified atom stereocenters.